The van der Waals surface area contributed by atoms with E-state index in [1.165, 1.54) is 5.56 Å². The predicted molar refractivity (Wildman–Crippen MR) is 66.8 cm³/mol. The Kier molecular flexibility index (Phi) is 5.30. The number of thiol groups is 1. The minimum absolute atomic E-state index is 0.583. The molecular formula is C11H13BrOS. The van der Waals surface area contributed by atoms with Crippen molar-refractivity contribution in [3.05, 3.63) is 46.5 Å². The van der Waals surface area contributed by atoms with E-state index in [0.29, 0.717) is 19.0 Å². The molecule has 1 rings (SSSR count). The van der Waals surface area contributed by atoms with Crippen molar-refractivity contribution >= 4 is 28.6 Å². The van der Waals surface area contributed by atoms with Gasteiger partial charge in [-0.1, -0.05) is 34.6 Å². The van der Waals surface area contributed by atoms with Gasteiger partial charge in [0.25, 0.3) is 0 Å². The second kappa shape index (κ2) is 6.27. The van der Waals surface area contributed by atoms with Crippen molar-refractivity contribution < 1.29 is 4.74 Å². The van der Waals surface area contributed by atoms with Gasteiger partial charge in [-0.25, -0.2) is 0 Å². The van der Waals surface area contributed by atoms with Crippen molar-refractivity contribution in [2.45, 2.75) is 6.61 Å². The predicted octanol–water partition coefficient (Wildman–Crippen LogP) is 3.45. The monoisotopic (exact) mass is 272 g/mol. The van der Waals surface area contributed by atoms with E-state index in [4.69, 9.17) is 4.74 Å². The van der Waals surface area contributed by atoms with Crippen LogP contribution in [-0.4, -0.2) is 12.4 Å². The number of rotatable bonds is 5. The van der Waals surface area contributed by atoms with Crippen LogP contribution >= 0.6 is 28.6 Å². The molecule has 0 heterocycles. The van der Waals surface area contributed by atoms with Gasteiger partial charge in [-0.05, 0) is 23.3 Å². The minimum Gasteiger partial charge on any atom is -0.372 e. The summed E-state index contributed by atoms with van der Waals surface area (Å²) in [5, 5.41) is 0. The lowest BCUT2D eigenvalue weighted by Crippen LogP contribution is -1.98. The highest BCUT2D eigenvalue weighted by Gasteiger charge is 1.94. The first-order valence-electron chi connectivity index (χ1n) is 4.32. The first-order chi connectivity index (χ1) is 6.72. The molecule has 0 aliphatic heterocycles. The summed E-state index contributed by atoms with van der Waals surface area (Å²) in [5.74, 6) is 0.681. The molecule has 0 aliphatic rings. The van der Waals surface area contributed by atoms with Gasteiger partial charge in [0.2, 0.25) is 0 Å². The molecule has 0 saturated heterocycles. The fraction of sp³-hybridized carbons (Fsp3) is 0.273. The van der Waals surface area contributed by atoms with Gasteiger partial charge in [0.15, 0.2) is 0 Å². The minimum atomic E-state index is 0.583. The molecule has 0 aliphatic carbocycles. The molecule has 1 aromatic carbocycles. The van der Waals surface area contributed by atoms with Crippen LogP contribution < -0.4 is 0 Å². The summed E-state index contributed by atoms with van der Waals surface area (Å²) in [6, 6.07) is 8.08. The fourth-order valence-electron chi connectivity index (χ4n) is 0.939. The lowest BCUT2D eigenvalue weighted by molar-refractivity contribution is 0.143. The van der Waals surface area contributed by atoms with Crippen molar-refractivity contribution in [3.63, 3.8) is 0 Å². The second-order valence-corrected chi connectivity index (χ2v) is 4.26. The van der Waals surface area contributed by atoms with Gasteiger partial charge >= 0.3 is 0 Å². The van der Waals surface area contributed by atoms with Crippen LogP contribution in [0.15, 0.2) is 40.9 Å². The van der Waals surface area contributed by atoms with Gasteiger partial charge in [-0.2, -0.15) is 12.6 Å². The molecule has 0 amide bonds. The van der Waals surface area contributed by atoms with E-state index in [1.807, 2.05) is 24.3 Å². The molecule has 0 atom stereocenters. The number of halogens is 1. The summed E-state index contributed by atoms with van der Waals surface area (Å²) < 4.78 is 6.53. The molecule has 0 aromatic heterocycles. The Morgan fingerprint density at radius 2 is 2.00 bits per heavy atom. The zero-order chi connectivity index (χ0) is 10.4. The zero-order valence-corrected chi connectivity index (χ0v) is 10.4. The Labute approximate surface area is 98.7 Å². The molecule has 3 heteroatoms. The maximum Gasteiger partial charge on any atom is 0.0721 e. The van der Waals surface area contributed by atoms with Gasteiger partial charge in [0.1, 0.15) is 0 Å². The van der Waals surface area contributed by atoms with Crippen LogP contribution in [0.2, 0.25) is 0 Å². The van der Waals surface area contributed by atoms with Crippen molar-refractivity contribution in [1.82, 2.24) is 0 Å². The highest BCUT2D eigenvalue weighted by atomic mass is 79.9. The SMILES string of the molecule is C=C(CS)COCc1ccc(Br)cc1. The van der Waals surface area contributed by atoms with E-state index in [1.54, 1.807) is 0 Å². The number of hydrogen-bond acceptors (Lipinski definition) is 2. The Hall–Kier alpha value is -0.250. The van der Waals surface area contributed by atoms with Crippen LogP contribution in [0.3, 0.4) is 0 Å². The second-order valence-electron chi connectivity index (χ2n) is 3.03. The normalized spacial score (nSPS) is 10.1. The molecule has 1 aromatic rings. The van der Waals surface area contributed by atoms with E-state index in [9.17, 15) is 0 Å². The summed E-state index contributed by atoms with van der Waals surface area (Å²) in [7, 11) is 0. The summed E-state index contributed by atoms with van der Waals surface area (Å²) in [5.41, 5.74) is 2.17. The average Bonchev–Trinajstić information content (AvgIpc) is 2.21. The van der Waals surface area contributed by atoms with Crippen LogP contribution in [0, 0.1) is 0 Å². The van der Waals surface area contributed by atoms with Crippen LogP contribution in [-0.2, 0) is 11.3 Å². The maximum atomic E-state index is 5.45. The molecule has 0 unspecified atom stereocenters. The number of hydrogen-bond donors (Lipinski definition) is 1. The third-order valence-corrected chi connectivity index (χ3v) is 2.69. The Bertz CT molecular complexity index is 295. The fourth-order valence-corrected chi connectivity index (χ4v) is 1.30. The van der Waals surface area contributed by atoms with Crippen LogP contribution in [0.4, 0.5) is 0 Å². The maximum absolute atomic E-state index is 5.45. The quantitative estimate of drug-likeness (QED) is 0.638. The smallest absolute Gasteiger partial charge is 0.0721 e. The lowest BCUT2D eigenvalue weighted by atomic mass is 10.2. The zero-order valence-electron chi connectivity index (χ0n) is 7.87. The highest BCUT2D eigenvalue weighted by molar-refractivity contribution is 9.10. The molecule has 0 saturated carbocycles. The number of ether oxygens (including phenoxy) is 1. The Balaban J connectivity index is 2.31. The third-order valence-electron chi connectivity index (χ3n) is 1.71. The van der Waals surface area contributed by atoms with E-state index in [0.717, 1.165) is 10.0 Å². The van der Waals surface area contributed by atoms with Crippen molar-refractivity contribution in [3.8, 4) is 0 Å². The van der Waals surface area contributed by atoms with Gasteiger partial charge in [-0.15, -0.1) is 0 Å². The summed E-state index contributed by atoms with van der Waals surface area (Å²) in [6.07, 6.45) is 0. The molecule has 0 spiro atoms. The Morgan fingerprint density at radius 3 is 2.57 bits per heavy atom. The van der Waals surface area contributed by atoms with E-state index in [-0.39, 0.29) is 0 Å². The first-order valence-corrected chi connectivity index (χ1v) is 5.74. The molecule has 0 fully saturated rings. The van der Waals surface area contributed by atoms with E-state index >= 15 is 0 Å². The van der Waals surface area contributed by atoms with Crippen LogP contribution in [0.1, 0.15) is 5.56 Å². The van der Waals surface area contributed by atoms with E-state index < -0.39 is 0 Å². The van der Waals surface area contributed by atoms with Crippen molar-refractivity contribution in [1.29, 1.82) is 0 Å². The summed E-state index contributed by atoms with van der Waals surface area (Å²) >= 11 is 7.49. The molecule has 0 bridgehead atoms. The molecule has 0 N–H and O–H groups in total. The van der Waals surface area contributed by atoms with Gasteiger partial charge in [0.05, 0.1) is 13.2 Å². The van der Waals surface area contributed by atoms with Gasteiger partial charge in [0, 0.05) is 10.2 Å². The van der Waals surface area contributed by atoms with Crippen molar-refractivity contribution in [2.75, 3.05) is 12.4 Å². The standard InChI is InChI=1S/C11H13BrOS/c1-9(8-14)6-13-7-10-2-4-11(12)5-3-10/h2-5,14H,1,6-8H2. The van der Waals surface area contributed by atoms with Crippen LogP contribution in [0.25, 0.3) is 0 Å². The topological polar surface area (TPSA) is 9.23 Å². The molecule has 76 valence electrons. The Morgan fingerprint density at radius 1 is 1.36 bits per heavy atom. The molecule has 14 heavy (non-hydrogen) atoms. The van der Waals surface area contributed by atoms with Crippen LogP contribution in [0.5, 0.6) is 0 Å². The highest BCUT2D eigenvalue weighted by Crippen LogP contribution is 2.11. The summed E-state index contributed by atoms with van der Waals surface area (Å²) in [4.78, 5) is 0. The summed E-state index contributed by atoms with van der Waals surface area (Å²) in [6.45, 7) is 5.02. The van der Waals surface area contributed by atoms with Crippen molar-refractivity contribution in [2.24, 2.45) is 0 Å². The molecule has 1 nitrogen and oxygen atoms in total. The number of benzene rings is 1. The third kappa shape index (κ3) is 4.31. The van der Waals surface area contributed by atoms with E-state index in [2.05, 4.69) is 35.1 Å². The lowest BCUT2D eigenvalue weighted by Gasteiger charge is -2.05. The average molecular weight is 273 g/mol. The molecular weight excluding hydrogens is 260 g/mol. The van der Waals surface area contributed by atoms with Gasteiger partial charge < -0.3 is 4.74 Å². The largest absolute Gasteiger partial charge is 0.372 e. The first kappa shape index (κ1) is 11.8. The van der Waals surface area contributed by atoms with Gasteiger partial charge in [-0.3, -0.25) is 0 Å². The molecule has 0 radical (unpaired) electrons.